The molecule has 0 aliphatic heterocycles. The van der Waals surface area contributed by atoms with Crippen molar-refractivity contribution >= 4 is 11.9 Å². The first-order chi connectivity index (χ1) is 43.5. The van der Waals surface area contributed by atoms with E-state index in [4.69, 9.17) is 4.74 Å². The molecule has 2 atom stereocenters. The lowest BCUT2D eigenvalue weighted by Gasteiger charge is -2.22. The lowest BCUT2D eigenvalue weighted by atomic mass is 10.0. The number of hydrogen-bond acceptors (Lipinski definition) is 5. The van der Waals surface area contributed by atoms with Gasteiger partial charge < -0.3 is 20.3 Å². The van der Waals surface area contributed by atoms with E-state index in [9.17, 15) is 19.8 Å². The van der Waals surface area contributed by atoms with Crippen molar-refractivity contribution in [3.05, 3.63) is 12.2 Å². The minimum atomic E-state index is -0.661. The van der Waals surface area contributed by atoms with Crippen molar-refractivity contribution in [1.82, 2.24) is 5.32 Å². The van der Waals surface area contributed by atoms with Gasteiger partial charge in [0.15, 0.2) is 0 Å². The average molecular weight is 1240 g/mol. The van der Waals surface area contributed by atoms with Gasteiger partial charge in [-0.1, -0.05) is 424 Å². The van der Waals surface area contributed by atoms with Crippen LogP contribution in [-0.4, -0.2) is 47.4 Å². The van der Waals surface area contributed by atoms with Crippen molar-refractivity contribution < 1.29 is 24.5 Å². The van der Waals surface area contributed by atoms with Crippen LogP contribution in [-0.2, 0) is 14.3 Å². The molecule has 6 nitrogen and oxygen atoms in total. The number of esters is 1. The molecule has 0 fully saturated rings. The maximum atomic E-state index is 12.6. The third-order valence-corrected chi connectivity index (χ3v) is 19.6. The molecule has 88 heavy (non-hydrogen) atoms. The Balaban J connectivity index is 3.30. The van der Waals surface area contributed by atoms with Gasteiger partial charge in [0.1, 0.15) is 0 Å². The van der Waals surface area contributed by atoms with E-state index in [0.29, 0.717) is 25.9 Å². The van der Waals surface area contributed by atoms with E-state index >= 15 is 0 Å². The zero-order valence-electron chi connectivity index (χ0n) is 60.3. The van der Waals surface area contributed by atoms with Gasteiger partial charge in [-0.2, -0.15) is 0 Å². The zero-order chi connectivity index (χ0) is 63.5. The first kappa shape index (κ1) is 86.6. The van der Waals surface area contributed by atoms with Crippen molar-refractivity contribution in [3.8, 4) is 0 Å². The van der Waals surface area contributed by atoms with Crippen molar-refractivity contribution in [2.45, 2.75) is 488 Å². The van der Waals surface area contributed by atoms with Crippen LogP contribution in [0.2, 0.25) is 0 Å². The van der Waals surface area contributed by atoms with E-state index < -0.39 is 12.1 Å². The Morgan fingerprint density at radius 3 is 0.830 bits per heavy atom. The van der Waals surface area contributed by atoms with E-state index in [-0.39, 0.29) is 18.5 Å². The summed E-state index contributed by atoms with van der Waals surface area (Å²) in [5, 5.41) is 23.5. The maximum absolute atomic E-state index is 12.6. The molecule has 0 aromatic carbocycles. The molecule has 1 amide bonds. The summed E-state index contributed by atoms with van der Waals surface area (Å²) < 4.78 is 5.48. The minimum Gasteiger partial charge on any atom is -0.466 e. The van der Waals surface area contributed by atoms with Crippen LogP contribution in [0.4, 0.5) is 0 Å². The Morgan fingerprint density at radius 2 is 0.534 bits per heavy atom. The quantitative estimate of drug-likeness (QED) is 0.0320. The summed E-state index contributed by atoms with van der Waals surface area (Å²) in [4.78, 5) is 24.6. The van der Waals surface area contributed by atoms with Gasteiger partial charge >= 0.3 is 5.97 Å². The van der Waals surface area contributed by atoms with Crippen LogP contribution >= 0.6 is 0 Å². The number of unbranched alkanes of at least 4 members (excludes halogenated alkanes) is 65. The molecule has 524 valence electrons. The van der Waals surface area contributed by atoms with Crippen molar-refractivity contribution in [3.63, 3.8) is 0 Å². The number of carbonyl (C=O) groups is 2. The molecule has 0 radical (unpaired) electrons. The number of carbonyl (C=O) groups excluding carboxylic acids is 2. The molecule has 0 aliphatic rings. The van der Waals surface area contributed by atoms with Gasteiger partial charge in [-0.3, -0.25) is 9.59 Å². The van der Waals surface area contributed by atoms with Crippen LogP contribution in [0.1, 0.15) is 476 Å². The second-order valence-corrected chi connectivity index (χ2v) is 28.5. The summed E-state index contributed by atoms with van der Waals surface area (Å²) in [6, 6.07) is -0.537. The van der Waals surface area contributed by atoms with E-state index in [1.54, 1.807) is 0 Å². The van der Waals surface area contributed by atoms with E-state index in [1.807, 2.05) is 0 Å². The molecular weight excluding hydrogens is 1080 g/mol. The van der Waals surface area contributed by atoms with E-state index in [2.05, 4.69) is 31.3 Å². The van der Waals surface area contributed by atoms with Gasteiger partial charge in [0.2, 0.25) is 5.91 Å². The fourth-order valence-electron chi connectivity index (χ4n) is 13.3. The fourth-order valence-corrected chi connectivity index (χ4v) is 13.3. The Kier molecular flexibility index (Phi) is 76.8. The van der Waals surface area contributed by atoms with Gasteiger partial charge in [-0.05, 0) is 51.4 Å². The topological polar surface area (TPSA) is 95.9 Å². The number of amides is 1. The summed E-state index contributed by atoms with van der Waals surface area (Å²) in [5.74, 6) is -0.00886. The van der Waals surface area contributed by atoms with E-state index in [0.717, 1.165) is 44.9 Å². The van der Waals surface area contributed by atoms with Crippen molar-refractivity contribution in [2.75, 3.05) is 13.2 Å². The van der Waals surface area contributed by atoms with Gasteiger partial charge in [0.25, 0.3) is 0 Å². The molecule has 0 aromatic heterocycles. The Labute approximate surface area is 552 Å². The standard InChI is InChI=1S/C82H161NO5/c1-3-5-7-9-11-13-15-17-18-19-20-21-39-42-45-48-51-54-58-62-66-70-74-80(85)79(78-84)83-81(86)75-71-67-63-59-55-52-49-46-43-40-37-35-33-31-29-27-25-23-22-24-26-28-30-32-34-36-38-41-44-47-50-53-57-61-65-69-73-77-88-82(87)76-72-68-64-60-56-16-14-12-10-8-6-4-2/h12,14,79-80,84-85H,3-11,13,15-78H2,1-2H3,(H,83,86)/b14-12-. The molecular formula is C82H161NO5. The monoisotopic (exact) mass is 1240 g/mol. The second-order valence-electron chi connectivity index (χ2n) is 28.5. The molecule has 0 bridgehead atoms. The van der Waals surface area contributed by atoms with Gasteiger partial charge in [-0.25, -0.2) is 0 Å². The SMILES string of the molecule is CCCCC/C=C\CCCCCCCC(=O)OCCCCCCCCCCCCCCCCCCCCCCCCCCCCCCCCCCCCCCCC(=O)NC(CO)C(O)CCCCCCCCCCCCCCCCCCCCCCCC. The van der Waals surface area contributed by atoms with Crippen LogP contribution in [0.15, 0.2) is 12.2 Å². The third kappa shape index (κ3) is 73.6. The van der Waals surface area contributed by atoms with Crippen LogP contribution < -0.4 is 5.32 Å². The Bertz CT molecular complexity index is 1340. The van der Waals surface area contributed by atoms with Crippen LogP contribution in [0.3, 0.4) is 0 Å². The Hall–Kier alpha value is -1.40. The first-order valence-electron chi connectivity index (χ1n) is 40.9. The molecule has 6 heteroatoms. The molecule has 0 heterocycles. The molecule has 0 aliphatic carbocycles. The number of rotatable bonds is 78. The highest BCUT2D eigenvalue weighted by Crippen LogP contribution is 2.21. The van der Waals surface area contributed by atoms with Crippen LogP contribution in [0, 0.1) is 0 Å². The maximum Gasteiger partial charge on any atom is 0.305 e. The summed E-state index contributed by atoms with van der Waals surface area (Å²) in [6.45, 7) is 4.99. The largest absolute Gasteiger partial charge is 0.466 e. The number of allylic oxidation sites excluding steroid dienone is 2. The zero-order valence-corrected chi connectivity index (χ0v) is 60.3. The molecule has 0 saturated heterocycles. The average Bonchev–Trinajstić information content (AvgIpc) is 3.55. The van der Waals surface area contributed by atoms with Crippen molar-refractivity contribution in [1.29, 1.82) is 0 Å². The summed E-state index contributed by atoms with van der Waals surface area (Å²) in [6.07, 6.45) is 99.0. The molecule has 2 unspecified atom stereocenters. The smallest absolute Gasteiger partial charge is 0.305 e. The van der Waals surface area contributed by atoms with E-state index in [1.165, 1.54) is 398 Å². The predicted molar refractivity (Wildman–Crippen MR) is 389 cm³/mol. The highest BCUT2D eigenvalue weighted by atomic mass is 16.5. The number of aliphatic hydroxyl groups is 2. The predicted octanol–water partition coefficient (Wildman–Crippen LogP) is 27.1. The van der Waals surface area contributed by atoms with Gasteiger partial charge in [-0.15, -0.1) is 0 Å². The number of aliphatic hydroxyl groups excluding tert-OH is 2. The number of ether oxygens (including phenoxy) is 1. The molecule has 0 rings (SSSR count). The first-order valence-corrected chi connectivity index (χ1v) is 40.9. The Morgan fingerprint density at radius 1 is 0.307 bits per heavy atom. The lowest BCUT2D eigenvalue weighted by molar-refractivity contribution is -0.143. The van der Waals surface area contributed by atoms with Crippen LogP contribution in [0.25, 0.3) is 0 Å². The fraction of sp³-hybridized carbons (Fsp3) is 0.951. The molecule has 0 aromatic rings. The number of hydrogen-bond donors (Lipinski definition) is 3. The lowest BCUT2D eigenvalue weighted by Crippen LogP contribution is -2.45. The van der Waals surface area contributed by atoms with Crippen molar-refractivity contribution in [2.24, 2.45) is 0 Å². The minimum absolute atomic E-state index is 0.0143. The normalized spacial score (nSPS) is 12.5. The third-order valence-electron chi connectivity index (χ3n) is 19.6. The van der Waals surface area contributed by atoms with Crippen LogP contribution in [0.5, 0.6) is 0 Å². The highest BCUT2D eigenvalue weighted by molar-refractivity contribution is 5.76. The molecule has 0 saturated carbocycles. The number of nitrogens with one attached hydrogen (secondary N) is 1. The molecule has 0 spiro atoms. The highest BCUT2D eigenvalue weighted by Gasteiger charge is 2.20. The summed E-state index contributed by atoms with van der Waals surface area (Å²) >= 11 is 0. The summed E-state index contributed by atoms with van der Waals surface area (Å²) in [5.41, 5.74) is 0. The second kappa shape index (κ2) is 78.0. The molecule has 3 N–H and O–H groups in total. The van der Waals surface area contributed by atoms with Gasteiger partial charge in [0, 0.05) is 12.8 Å². The summed E-state index contributed by atoms with van der Waals surface area (Å²) in [7, 11) is 0. The van der Waals surface area contributed by atoms with Gasteiger partial charge in [0.05, 0.1) is 25.4 Å².